The highest BCUT2D eigenvalue weighted by Crippen LogP contribution is 2.28. The van der Waals surface area contributed by atoms with Gasteiger partial charge in [0, 0.05) is 31.2 Å². The van der Waals surface area contributed by atoms with Crippen LogP contribution in [0.15, 0.2) is 36.4 Å². The van der Waals surface area contributed by atoms with Crippen LogP contribution in [0.25, 0.3) is 6.08 Å². The highest BCUT2D eigenvalue weighted by molar-refractivity contribution is 5.91. The van der Waals surface area contributed by atoms with Crippen molar-refractivity contribution in [2.75, 3.05) is 20.1 Å². The number of carbonyl (C=O) groups is 1. The number of nitrogens with zero attached hydrogens (tertiary/aromatic N) is 2. The third kappa shape index (κ3) is 2.56. The Morgan fingerprint density at radius 3 is 2.42 bits per heavy atom. The first-order chi connectivity index (χ1) is 9.24. The SMILES string of the molecule is CN1C2CCC1CN(C(=O)C=Cc1ccccc1)C2. The van der Waals surface area contributed by atoms with E-state index in [4.69, 9.17) is 0 Å². The Morgan fingerprint density at radius 1 is 1.16 bits per heavy atom. The summed E-state index contributed by atoms with van der Waals surface area (Å²) in [4.78, 5) is 16.7. The van der Waals surface area contributed by atoms with Gasteiger partial charge < -0.3 is 4.90 Å². The van der Waals surface area contributed by atoms with Crippen molar-refractivity contribution in [3.63, 3.8) is 0 Å². The lowest BCUT2D eigenvalue weighted by molar-refractivity contribution is -0.128. The molecule has 2 atom stereocenters. The first-order valence-corrected chi connectivity index (χ1v) is 6.98. The summed E-state index contributed by atoms with van der Waals surface area (Å²) in [5.74, 6) is 0.147. The normalized spacial score (nSPS) is 27.1. The van der Waals surface area contributed by atoms with E-state index in [1.807, 2.05) is 41.3 Å². The molecule has 2 aliphatic rings. The van der Waals surface area contributed by atoms with Gasteiger partial charge in [-0.25, -0.2) is 0 Å². The van der Waals surface area contributed by atoms with E-state index in [1.165, 1.54) is 12.8 Å². The van der Waals surface area contributed by atoms with Gasteiger partial charge in [0.2, 0.25) is 5.91 Å². The van der Waals surface area contributed by atoms with Crippen LogP contribution in [0.3, 0.4) is 0 Å². The molecule has 3 heteroatoms. The molecule has 19 heavy (non-hydrogen) atoms. The predicted molar refractivity (Wildman–Crippen MR) is 76.6 cm³/mol. The quantitative estimate of drug-likeness (QED) is 0.756. The summed E-state index contributed by atoms with van der Waals surface area (Å²) in [6.45, 7) is 1.76. The molecule has 100 valence electrons. The molecule has 0 aromatic heterocycles. The minimum absolute atomic E-state index is 0.147. The van der Waals surface area contributed by atoms with E-state index in [9.17, 15) is 4.79 Å². The van der Waals surface area contributed by atoms with Crippen molar-refractivity contribution < 1.29 is 4.79 Å². The van der Waals surface area contributed by atoms with Gasteiger partial charge in [-0.2, -0.15) is 0 Å². The first-order valence-electron chi connectivity index (χ1n) is 6.98. The number of piperazine rings is 1. The Morgan fingerprint density at radius 2 is 1.79 bits per heavy atom. The van der Waals surface area contributed by atoms with Gasteiger partial charge in [-0.1, -0.05) is 30.3 Å². The monoisotopic (exact) mass is 256 g/mol. The van der Waals surface area contributed by atoms with Gasteiger partial charge in [-0.15, -0.1) is 0 Å². The summed E-state index contributed by atoms with van der Waals surface area (Å²) in [6.07, 6.45) is 6.07. The van der Waals surface area contributed by atoms with E-state index in [0.717, 1.165) is 18.7 Å². The minimum Gasteiger partial charge on any atom is -0.336 e. The molecule has 2 heterocycles. The van der Waals surface area contributed by atoms with Crippen LogP contribution in [0, 0.1) is 0 Å². The van der Waals surface area contributed by atoms with Crippen molar-refractivity contribution >= 4 is 12.0 Å². The second kappa shape index (κ2) is 5.17. The van der Waals surface area contributed by atoms with Crippen molar-refractivity contribution in [2.45, 2.75) is 24.9 Å². The van der Waals surface area contributed by atoms with E-state index in [0.29, 0.717) is 12.1 Å². The van der Waals surface area contributed by atoms with Crippen molar-refractivity contribution in [3.8, 4) is 0 Å². The number of amides is 1. The van der Waals surface area contributed by atoms with Crippen molar-refractivity contribution in [3.05, 3.63) is 42.0 Å². The highest BCUT2D eigenvalue weighted by atomic mass is 16.2. The second-order valence-electron chi connectivity index (χ2n) is 5.54. The van der Waals surface area contributed by atoms with Gasteiger partial charge in [0.15, 0.2) is 0 Å². The third-order valence-corrected chi connectivity index (χ3v) is 4.38. The molecule has 0 aliphatic carbocycles. The van der Waals surface area contributed by atoms with Crippen molar-refractivity contribution in [1.29, 1.82) is 0 Å². The van der Waals surface area contributed by atoms with Crippen LogP contribution in [0.5, 0.6) is 0 Å². The maximum absolute atomic E-state index is 12.2. The van der Waals surface area contributed by atoms with Crippen LogP contribution in [-0.4, -0.2) is 47.9 Å². The molecule has 3 rings (SSSR count). The standard InChI is InChI=1S/C16H20N2O/c1-17-14-8-9-15(17)12-18(11-14)16(19)10-7-13-5-3-2-4-6-13/h2-7,10,14-15H,8-9,11-12H2,1H3. The zero-order valence-electron chi connectivity index (χ0n) is 11.3. The van der Waals surface area contributed by atoms with E-state index >= 15 is 0 Å². The Kier molecular flexibility index (Phi) is 3.38. The van der Waals surface area contributed by atoms with Crippen LogP contribution in [0.2, 0.25) is 0 Å². The fourth-order valence-electron chi connectivity index (χ4n) is 3.13. The van der Waals surface area contributed by atoms with Crippen molar-refractivity contribution in [2.24, 2.45) is 0 Å². The molecule has 0 spiro atoms. The molecular weight excluding hydrogens is 236 g/mol. The number of likely N-dealkylation sites (tertiary alicyclic amines) is 1. The topological polar surface area (TPSA) is 23.6 Å². The van der Waals surface area contributed by atoms with Gasteiger partial charge in [0.05, 0.1) is 0 Å². The van der Waals surface area contributed by atoms with Crippen LogP contribution in [0.4, 0.5) is 0 Å². The number of fused-ring (bicyclic) bond motifs is 2. The number of rotatable bonds is 2. The zero-order chi connectivity index (χ0) is 13.2. The van der Waals surface area contributed by atoms with E-state index in [2.05, 4.69) is 11.9 Å². The van der Waals surface area contributed by atoms with E-state index in [1.54, 1.807) is 6.08 Å². The molecule has 3 nitrogen and oxygen atoms in total. The smallest absolute Gasteiger partial charge is 0.246 e. The molecule has 2 fully saturated rings. The fraction of sp³-hybridized carbons (Fsp3) is 0.438. The second-order valence-corrected chi connectivity index (χ2v) is 5.54. The Bertz CT molecular complexity index is 469. The molecule has 1 aromatic rings. The van der Waals surface area contributed by atoms with Gasteiger partial charge in [-0.05, 0) is 31.5 Å². The minimum atomic E-state index is 0.147. The molecule has 1 amide bonds. The van der Waals surface area contributed by atoms with Gasteiger partial charge in [0.1, 0.15) is 0 Å². The summed E-state index contributed by atoms with van der Waals surface area (Å²) >= 11 is 0. The maximum Gasteiger partial charge on any atom is 0.246 e. The summed E-state index contributed by atoms with van der Waals surface area (Å²) in [5.41, 5.74) is 1.08. The number of likely N-dealkylation sites (N-methyl/N-ethyl adjacent to an activating group) is 1. The largest absolute Gasteiger partial charge is 0.336 e. The van der Waals surface area contributed by atoms with Gasteiger partial charge in [0.25, 0.3) is 0 Å². The van der Waals surface area contributed by atoms with Crippen molar-refractivity contribution in [1.82, 2.24) is 9.80 Å². The van der Waals surface area contributed by atoms with E-state index in [-0.39, 0.29) is 5.91 Å². The molecule has 1 aromatic carbocycles. The Hall–Kier alpha value is -1.61. The molecule has 0 saturated carbocycles. The molecule has 2 bridgehead atoms. The van der Waals surface area contributed by atoms with Gasteiger partial charge in [-0.3, -0.25) is 9.69 Å². The lowest BCUT2D eigenvalue weighted by Crippen LogP contribution is -2.53. The molecule has 2 aliphatic heterocycles. The molecule has 0 radical (unpaired) electrons. The summed E-state index contributed by atoms with van der Waals surface area (Å²) in [5, 5.41) is 0. The number of benzene rings is 1. The highest BCUT2D eigenvalue weighted by Gasteiger charge is 2.38. The summed E-state index contributed by atoms with van der Waals surface area (Å²) in [7, 11) is 2.18. The van der Waals surface area contributed by atoms with E-state index < -0.39 is 0 Å². The lowest BCUT2D eigenvalue weighted by atomic mass is 10.2. The summed E-state index contributed by atoms with van der Waals surface area (Å²) in [6, 6.07) is 11.1. The lowest BCUT2D eigenvalue weighted by Gasteiger charge is -2.38. The van der Waals surface area contributed by atoms with Crippen LogP contribution < -0.4 is 0 Å². The maximum atomic E-state index is 12.2. The number of hydrogen-bond acceptors (Lipinski definition) is 2. The molecule has 2 unspecified atom stereocenters. The number of carbonyl (C=O) groups excluding carboxylic acids is 1. The summed E-state index contributed by atoms with van der Waals surface area (Å²) < 4.78 is 0. The van der Waals surface area contributed by atoms with Crippen LogP contribution >= 0.6 is 0 Å². The average Bonchev–Trinajstić information content (AvgIpc) is 2.68. The molecule has 0 N–H and O–H groups in total. The zero-order valence-corrected chi connectivity index (χ0v) is 11.3. The number of hydrogen-bond donors (Lipinski definition) is 0. The van der Waals surface area contributed by atoms with Crippen LogP contribution in [0.1, 0.15) is 18.4 Å². The first kappa shape index (κ1) is 12.4. The van der Waals surface area contributed by atoms with Gasteiger partial charge >= 0.3 is 0 Å². The average molecular weight is 256 g/mol. The predicted octanol–water partition coefficient (Wildman–Crippen LogP) is 2.00. The Labute approximate surface area is 114 Å². The third-order valence-electron chi connectivity index (χ3n) is 4.38. The molecular formula is C16H20N2O. The van der Waals surface area contributed by atoms with Crippen LogP contribution in [-0.2, 0) is 4.79 Å². The molecule has 2 saturated heterocycles. The Balaban J connectivity index is 1.64. The fourth-order valence-corrected chi connectivity index (χ4v) is 3.13.